The average molecular weight is 916 g/mol. The fraction of sp³-hybridized carbons (Fsp3) is 0.460. The van der Waals surface area contributed by atoms with Gasteiger partial charge in [-0.1, -0.05) is 25.1 Å². The van der Waals surface area contributed by atoms with Gasteiger partial charge in [0, 0.05) is 69.9 Å². The molecule has 67 heavy (non-hydrogen) atoms. The van der Waals surface area contributed by atoms with Crippen LogP contribution in [0.1, 0.15) is 93.9 Å². The third-order valence-electron chi connectivity index (χ3n) is 14.3. The molecule has 0 saturated carbocycles. The minimum atomic E-state index is -0.994. The van der Waals surface area contributed by atoms with Gasteiger partial charge in [0.05, 0.1) is 34.7 Å². The van der Waals surface area contributed by atoms with Crippen molar-refractivity contribution in [2.75, 3.05) is 50.7 Å². The van der Waals surface area contributed by atoms with E-state index in [-0.39, 0.29) is 64.8 Å². The largest absolute Gasteiger partial charge is 0.508 e. The first kappa shape index (κ1) is 44.5. The van der Waals surface area contributed by atoms with Gasteiger partial charge in [-0.25, -0.2) is 8.78 Å². The smallest absolute Gasteiger partial charge is 0.319 e. The van der Waals surface area contributed by atoms with Crippen molar-refractivity contribution in [2.24, 2.45) is 7.05 Å². The number of fused-ring (bicyclic) bond motifs is 3. The molecule has 3 N–H and O–H groups in total. The monoisotopic (exact) mass is 915 g/mol. The number of β-amino-alcohol motifs (C(OH)–C–C–N with tert-alkyl or cyclic N) is 1. The number of aryl methyl sites for hydroxylation is 2. The Morgan fingerprint density at radius 1 is 0.970 bits per heavy atom. The molecule has 3 aromatic carbocycles. The molecule has 7 heterocycles. The van der Waals surface area contributed by atoms with E-state index in [1.807, 2.05) is 29.8 Å². The van der Waals surface area contributed by atoms with Crippen LogP contribution >= 0.6 is 0 Å². The molecule has 4 aliphatic heterocycles. The number of aromatic hydroxyl groups is 1. The summed E-state index contributed by atoms with van der Waals surface area (Å²) in [4.78, 5) is 58.0. The molecule has 0 radical (unpaired) electrons. The minimum Gasteiger partial charge on any atom is -0.508 e. The number of pyridine rings is 1. The summed E-state index contributed by atoms with van der Waals surface area (Å²) >= 11 is 0. The van der Waals surface area contributed by atoms with Crippen LogP contribution in [0.15, 0.2) is 48.7 Å². The van der Waals surface area contributed by atoms with Crippen molar-refractivity contribution in [3.05, 3.63) is 77.1 Å². The van der Waals surface area contributed by atoms with Gasteiger partial charge >= 0.3 is 6.01 Å². The molecule has 3 aromatic heterocycles. The van der Waals surface area contributed by atoms with Crippen LogP contribution in [0.25, 0.3) is 43.8 Å². The molecule has 2 atom stereocenters. The number of anilines is 1. The predicted molar refractivity (Wildman–Crippen MR) is 248 cm³/mol. The fourth-order valence-corrected chi connectivity index (χ4v) is 10.8. The lowest BCUT2D eigenvalue weighted by Gasteiger charge is -2.38. The summed E-state index contributed by atoms with van der Waals surface area (Å²) in [7, 11) is 1.87. The number of aliphatic hydroxyl groups is 1. The minimum absolute atomic E-state index is 0.0143. The Morgan fingerprint density at radius 3 is 2.51 bits per heavy atom. The molecule has 3 amide bonds. The Balaban J connectivity index is 0.813. The van der Waals surface area contributed by atoms with Gasteiger partial charge in [0.2, 0.25) is 17.7 Å². The lowest BCUT2D eigenvalue weighted by molar-refractivity contribution is -0.135. The summed E-state index contributed by atoms with van der Waals surface area (Å²) in [6.07, 6.45) is 6.41. The molecule has 1 unspecified atom stereocenters. The molecule has 15 nitrogen and oxygen atoms in total. The first-order valence-electron chi connectivity index (χ1n) is 23.5. The number of carbonyl (C=O) groups is 3. The van der Waals surface area contributed by atoms with E-state index in [1.54, 1.807) is 17.7 Å². The highest BCUT2D eigenvalue weighted by molar-refractivity contribution is 6.03. The van der Waals surface area contributed by atoms with Gasteiger partial charge < -0.3 is 24.7 Å². The molecule has 0 aliphatic carbocycles. The normalized spacial score (nSPS) is 21.4. The number of halogens is 2. The second-order valence-corrected chi connectivity index (χ2v) is 19.0. The molecular weight excluding hydrogens is 861 g/mol. The zero-order valence-corrected chi connectivity index (χ0v) is 38.0. The van der Waals surface area contributed by atoms with Crippen LogP contribution in [0.5, 0.6) is 11.8 Å². The number of nitrogens with one attached hydrogen (secondary N) is 1. The number of ether oxygens (including phenoxy) is 1. The summed E-state index contributed by atoms with van der Waals surface area (Å²) in [5.41, 5.74) is 2.31. The number of likely N-dealkylation sites (tertiary alicyclic amines) is 2. The number of nitrogens with zero attached hydrogens (tertiary/aromatic N) is 8. The Kier molecular flexibility index (Phi) is 11.8. The maximum absolute atomic E-state index is 17.1. The van der Waals surface area contributed by atoms with Crippen LogP contribution in [-0.2, 0) is 27.9 Å². The van der Waals surface area contributed by atoms with Crippen molar-refractivity contribution in [3.8, 4) is 23.0 Å². The third kappa shape index (κ3) is 8.63. The van der Waals surface area contributed by atoms with Gasteiger partial charge in [-0.05, 0) is 110 Å². The highest BCUT2D eigenvalue weighted by Gasteiger charge is 2.35. The van der Waals surface area contributed by atoms with E-state index in [9.17, 15) is 24.6 Å². The summed E-state index contributed by atoms with van der Waals surface area (Å²) in [6, 6.07) is 12.1. The summed E-state index contributed by atoms with van der Waals surface area (Å²) in [6.45, 7) is 7.22. The Bertz CT molecular complexity index is 2940. The molecular formula is C50H55F2N9O6. The first-order valence-corrected chi connectivity index (χ1v) is 23.5. The number of benzene rings is 3. The van der Waals surface area contributed by atoms with Gasteiger partial charge in [0.15, 0.2) is 5.82 Å². The van der Waals surface area contributed by atoms with E-state index < -0.39 is 23.2 Å². The number of hydrogen-bond acceptors (Lipinski definition) is 12. The number of rotatable bonds is 9. The number of carbonyl (C=O) groups excluding carboxylic acids is 3. The number of phenolic OH excluding ortho intramolecular Hbond substituents is 1. The molecule has 4 saturated heterocycles. The summed E-state index contributed by atoms with van der Waals surface area (Å²) < 4.78 is 40.5. The maximum atomic E-state index is 17.1. The molecule has 350 valence electrons. The molecule has 17 heteroatoms. The van der Waals surface area contributed by atoms with E-state index in [1.165, 1.54) is 30.0 Å². The topological polar surface area (TPSA) is 179 Å². The van der Waals surface area contributed by atoms with E-state index in [0.29, 0.717) is 117 Å². The summed E-state index contributed by atoms with van der Waals surface area (Å²) in [5.74, 6) is -1.57. The zero-order valence-electron chi connectivity index (χ0n) is 38.0. The molecule has 6 aromatic rings. The highest BCUT2D eigenvalue weighted by Crippen LogP contribution is 2.40. The van der Waals surface area contributed by atoms with Crippen LogP contribution in [0, 0.1) is 11.6 Å². The van der Waals surface area contributed by atoms with Crippen molar-refractivity contribution in [1.29, 1.82) is 0 Å². The third-order valence-corrected chi connectivity index (χ3v) is 14.3. The zero-order chi connectivity index (χ0) is 46.7. The van der Waals surface area contributed by atoms with Crippen LogP contribution in [0.3, 0.4) is 0 Å². The van der Waals surface area contributed by atoms with Crippen molar-refractivity contribution >= 4 is 56.1 Å². The molecule has 0 bridgehead atoms. The number of imide groups is 1. The Labute approximate surface area is 386 Å². The first-order chi connectivity index (χ1) is 32.2. The van der Waals surface area contributed by atoms with Gasteiger partial charge in [-0.2, -0.15) is 15.1 Å². The van der Waals surface area contributed by atoms with Gasteiger partial charge in [-0.15, -0.1) is 0 Å². The molecule has 10 rings (SSSR count). The van der Waals surface area contributed by atoms with E-state index in [0.717, 1.165) is 23.7 Å². The van der Waals surface area contributed by atoms with Crippen LogP contribution in [-0.4, -0.2) is 120 Å². The van der Waals surface area contributed by atoms with Crippen molar-refractivity contribution in [2.45, 2.75) is 95.2 Å². The SMILES string of the molecule is CCc1c(F)ccc2cc(O)cc(-c3ncc4c(N5CCC[C@@](C)(O)C5)nc(OC5CCN(CC(=O)N6CCC(c7ccc8c(C9CCC(=O)NC9=O)nn(C)c8c7)CC6)CC5)nc4c3F)c12. The van der Waals surface area contributed by atoms with Crippen LogP contribution < -0.4 is 15.0 Å². The number of aromatic nitrogens is 5. The van der Waals surface area contributed by atoms with Crippen molar-refractivity contribution in [1.82, 2.24) is 39.8 Å². The van der Waals surface area contributed by atoms with Crippen molar-refractivity contribution < 1.29 is 38.1 Å². The van der Waals surface area contributed by atoms with E-state index >= 15 is 8.78 Å². The Hall–Kier alpha value is -6.33. The number of phenols is 1. The molecule has 4 fully saturated rings. The quantitative estimate of drug-likeness (QED) is 0.136. The van der Waals surface area contributed by atoms with E-state index in [2.05, 4.69) is 32.3 Å². The maximum Gasteiger partial charge on any atom is 0.319 e. The number of hydrogen-bond donors (Lipinski definition) is 3. The number of piperidine rings is 4. The fourth-order valence-electron chi connectivity index (χ4n) is 10.8. The second kappa shape index (κ2) is 17.7. The van der Waals surface area contributed by atoms with Crippen molar-refractivity contribution in [3.63, 3.8) is 0 Å². The second-order valence-electron chi connectivity index (χ2n) is 19.0. The van der Waals surface area contributed by atoms with Gasteiger partial charge in [-0.3, -0.25) is 34.3 Å². The average Bonchev–Trinajstić information content (AvgIpc) is 3.64. The van der Waals surface area contributed by atoms with E-state index in [4.69, 9.17) is 14.8 Å². The van der Waals surface area contributed by atoms with Crippen LogP contribution in [0.4, 0.5) is 14.6 Å². The van der Waals surface area contributed by atoms with Crippen LogP contribution in [0.2, 0.25) is 0 Å². The Morgan fingerprint density at radius 2 is 1.76 bits per heavy atom. The molecule has 0 spiro atoms. The summed E-state index contributed by atoms with van der Waals surface area (Å²) in [5, 5.41) is 31.2. The van der Waals surface area contributed by atoms with Gasteiger partial charge in [0.25, 0.3) is 0 Å². The molecule has 4 aliphatic rings. The highest BCUT2D eigenvalue weighted by atomic mass is 19.1. The lowest BCUT2D eigenvalue weighted by Crippen LogP contribution is -2.47. The van der Waals surface area contributed by atoms with Gasteiger partial charge in [0.1, 0.15) is 34.7 Å². The predicted octanol–water partition coefficient (Wildman–Crippen LogP) is 6.40. The number of amides is 3. The standard InChI is InChI=1S/C50H55F2N9O6/c1-4-33-38(51)10-7-30-22-31(62)24-36(42(30)33)45-43(52)46-37(25-53-45)47(61-17-5-16-50(2,66)27-61)56-49(55-46)67-32-14-18-59(19-15-32)26-41(64)60-20-12-28(13-21-60)29-6-8-34-39(23-29)58(3)57-44(34)35-9-11-40(63)54-48(35)65/h6-8,10,22-25,28,32,35,62,66H,4-5,9,11-21,26-27H2,1-3H3,(H,54,63,65)/t35?,50-/m1/s1. The lowest BCUT2D eigenvalue weighted by atomic mass is 9.87.